The van der Waals surface area contributed by atoms with Gasteiger partial charge in [-0.05, 0) is 47.8 Å². The molecule has 2 heterocycles. The number of benzene rings is 1. The largest absolute Gasteiger partial charge is 0.309 e. The van der Waals surface area contributed by atoms with Gasteiger partial charge in [-0.3, -0.25) is 14.2 Å². The minimum atomic E-state index is -0.226. The van der Waals surface area contributed by atoms with E-state index in [1.165, 1.54) is 11.1 Å². The summed E-state index contributed by atoms with van der Waals surface area (Å²) in [4.78, 5) is 12.5. The fraction of sp³-hybridized carbons (Fsp3) is 0.350. The molecule has 0 spiro atoms. The third-order valence-corrected chi connectivity index (χ3v) is 5.82. The molecule has 3 aromatic rings. The minimum Gasteiger partial charge on any atom is -0.309 e. The maximum Gasteiger partial charge on any atom is 0.230 e. The third kappa shape index (κ3) is 4.47. The van der Waals surface area contributed by atoms with Crippen molar-refractivity contribution in [3.05, 3.63) is 63.5 Å². The SMILES string of the molecule is Cc1ccccc1Cn1ccc(NC(=O)C(C)Cn2nc(C)c(Br)c2C)n1. The number of nitrogens with one attached hydrogen (secondary N) is 1. The Bertz CT molecular complexity index is 959. The van der Waals surface area contributed by atoms with Gasteiger partial charge in [0.1, 0.15) is 0 Å². The molecule has 1 atom stereocenters. The van der Waals surface area contributed by atoms with Crippen molar-refractivity contribution >= 4 is 27.7 Å². The van der Waals surface area contributed by atoms with Crippen molar-refractivity contribution < 1.29 is 4.79 Å². The highest BCUT2D eigenvalue weighted by Crippen LogP contribution is 2.21. The summed E-state index contributed by atoms with van der Waals surface area (Å²) in [7, 11) is 0. The van der Waals surface area contributed by atoms with Gasteiger partial charge in [-0.2, -0.15) is 10.2 Å². The smallest absolute Gasteiger partial charge is 0.230 e. The lowest BCUT2D eigenvalue weighted by atomic mass is 10.1. The topological polar surface area (TPSA) is 64.7 Å². The Morgan fingerprint density at radius 1 is 1.19 bits per heavy atom. The van der Waals surface area contributed by atoms with Crippen LogP contribution in [0.1, 0.15) is 29.4 Å². The number of amides is 1. The van der Waals surface area contributed by atoms with Crippen molar-refractivity contribution in [2.75, 3.05) is 5.32 Å². The van der Waals surface area contributed by atoms with E-state index in [1.54, 1.807) is 0 Å². The number of halogens is 1. The van der Waals surface area contributed by atoms with Crippen LogP contribution in [-0.4, -0.2) is 25.5 Å². The van der Waals surface area contributed by atoms with Crippen molar-refractivity contribution in [1.29, 1.82) is 0 Å². The normalized spacial score (nSPS) is 12.2. The van der Waals surface area contributed by atoms with Gasteiger partial charge in [0.05, 0.1) is 29.2 Å². The molecule has 0 saturated carbocycles. The summed E-state index contributed by atoms with van der Waals surface area (Å²) in [6.07, 6.45) is 1.88. The van der Waals surface area contributed by atoms with Gasteiger partial charge in [-0.1, -0.05) is 31.2 Å². The lowest BCUT2D eigenvalue weighted by Crippen LogP contribution is -2.25. The van der Waals surface area contributed by atoms with Crippen LogP contribution >= 0.6 is 15.9 Å². The Morgan fingerprint density at radius 3 is 2.59 bits per heavy atom. The van der Waals surface area contributed by atoms with E-state index in [0.29, 0.717) is 18.9 Å². The Balaban J connectivity index is 1.61. The molecule has 0 fully saturated rings. The summed E-state index contributed by atoms with van der Waals surface area (Å²) in [5.74, 6) is 0.270. The molecule has 0 saturated heterocycles. The highest BCUT2D eigenvalue weighted by molar-refractivity contribution is 9.10. The molecule has 1 aromatic carbocycles. The second kappa shape index (κ2) is 8.08. The van der Waals surface area contributed by atoms with Crippen LogP contribution in [0.25, 0.3) is 0 Å². The Kier molecular flexibility index (Phi) is 5.79. The molecule has 0 radical (unpaired) electrons. The standard InChI is InChI=1S/C20H24BrN5O/c1-13-7-5-6-8-17(13)12-25-10-9-18(24-25)22-20(27)14(2)11-26-16(4)19(21)15(3)23-26/h5-10,14H,11-12H2,1-4H3,(H,22,24,27). The zero-order valence-corrected chi connectivity index (χ0v) is 17.6. The molecule has 1 amide bonds. The molecular formula is C20H24BrN5O. The summed E-state index contributed by atoms with van der Waals surface area (Å²) < 4.78 is 4.69. The van der Waals surface area contributed by atoms with E-state index in [-0.39, 0.29) is 11.8 Å². The van der Waals surface area contributed by atoms with Crippen LogP contribution < -0.4 is 5.32 Å². The molecule has 0 aliphatic rings. The summed E-state index contributed by atoms with van der Waals surface area (Å²) in [5, 5.41) is 11.8. The predicted octanol–water partition coefficient (Wildman–Crippen LogP) is 4.09. The first kappa shape index (κ1) is 19.4. The summed E-state index contributed by atoms with van der Waals surface area (Å²) in [6.45, 7) is 9.11. The fourth-order valence-corrected chi connectivity index (χ4v) is 3.21. The van der Waals surface area contributed by atoms with Crippen molar-refractivity contribution in [3.63, 3.8) is 0 Å². The molecule has 6 nitrogen and oxygen atoms in total. The van der Waals surface area contributed by atoms with E-state index >= 15 is 0 Å². The molecule has 1 N–H and O–H groups in total. The van der Waals surface area contributed by atoms with Crippen molar-refractivity contribution in [2.24, 2.45) is 5.92 Å². The number of carbonyl (C=O) groups excluding carboxylic acids is 1. The van der Waals surface area contributed by atoms with Crippen LogP contribution in [0.4, 0.5) is 5.82 Å². The van der Waals surface area contributed by atoms with E-state index in [1.807, 2.05) is 54.5 Å². The molecule has 2 aromatic heterocycles. The Labute approximate surface area is 167 Å². The zero-order chi connectivity index (χ0) is 19.6. The number of carbonyl (C=O) groups is 1. The van der Waals surface area contributed by atoms with Gasteiger partial charge in [0, 0.05) is 18.0 Å². The number of hydrogen-bond acceptors (Lipinski definition) is 3. The maximum atomic E-state index is 12.5. The number of hydrogen-bond donors (Lipinski definition) is 1. The molecule has 27 heavy (non-hydrogen) atoms. The van der Waals surface area contributed by atoms with E-state index in [0.717, 1.165) is 15.9 Å². The number of aromatic nitrogens is 4. The Morgan fingerprint density at radius 2 is 1.93 bits per heavy atom. The molecule has 142 valence electrons. The zero-order valence-electron chi connectivity index (χ0n) is 16.0. The van der Waals surface area contributed by atoms with E-state index in [4.69, 9.17) is 0 Å². The van der Waals surface area contributed by atoms with Crippen LogP contribution in [-0.2, 0) is 17.9 Å². The first-order chi connectivity index (χ1) is 12.8. The molecule has 0 bridgehead atoms. The number of aryl methyl sites for hydroxylation is 2. The summed E-state index contributed by atoms with van der Waals surface area (Å²) in [5.41, 5.74) is 4.38. The molecule has 0 aliphatic carbocycles. The monoisotopic (exact) mass is 429 g/mol. The average Bonchev–Trinajstić information content (AvgIpc) is 3.17. The second-order valence-electron chi connectivity index (χ2n) is 6.88. The lowest BCUT2D eigenvalue weighted by Gasteiger charge is -2.12. The molecular weight excluding hydrogens is 406 g/mol. The van der Waals surface area contributed by atoms with Gasteiger partial charge in [0.2, 0.25) is 5.91 Å². The van der Waals surface area contributed by atoms with Gasteiger partial charge in [0.15, 0.2) is 5.82 Å². The molecule has 0 aliphatic heterocycles. The first-order valence-corrected chi connectivity index (χ1v) is 9.72. The first-order valence-electron chi connectivity index (χ1n) is 8.93. The van der Waals surface area contributed by atoms with Crippen LogP contribution in [0.15, 0.2) is 41.0 Å². The van der Waals surface area contributed by atoms with Crippen LogP contribution in [0.3, 0.4) is 0 Å². The second-order valence-corrected chi connectivity index (χ2v) is 7.68. The van der Waals surface area contributed by atoms with Gasteiger partial charge in [-0.15, -0.1) is 0 Å². The van der Waals surface area contributed by atoms with E-state index in [2.05, 4.69) is 50.5 Å². The highest BCUT2D eigenvalue weighted by Gasteiger charge is 2.18. The third-order valence-electron chi connectivity index (χ3n) is 4.67. The minimum absolute atomic E-state index is 0.0696. The number of anilines is 1. The predicted molar refractivity (Wildman–Crippen MR) is 110 cm³/mol. The number of nitrogens with zero attached hydrogens (tertiary/aromatic N) is 4. The van der Waals surface area contributed by atoms with Crippen LogP contribution in [0, 0.1) is 26.7 Å². The van der Waals surface area contributed by atoms with Crippen molar-refractivity contribution in [3.8, 4) is 0 Å². The van der Waals surface area contributed by atoms with Gasteiger partial charge in [-0.25, -0.2) is 0 Å². The summed E-state index contributed by atoms with van der Waals surface area (Å²) >= 11 is 3.52. The van der Waals surface area contributed by atoms with Gasteiger partial charge >= 0.3 is 0 Å². The fourth-order valence-electron chi connectivity index (χ4n) is 2.92. The average molecular weight is 430 g/mol. The summed E-state index contributed by atoms with van der Waals surface area (Å²) in [6, 6.07) is 10.0. The molecule has 3 rings (SSSR count). The van der Waals surface area contributed by atoms with E-state index in [9.17, 15) is 4.79 Å². The quantitative estimate of drug-likeness (QED) is 0.641. The molecule has 7 heteroatoms. The van der Waals surface area contributed by atoms with Crippen molar-refractivity contribution in [2.45, 2.75) is 40.8 Å². The van der Waals surface area contributed by atoms with Gasteiger partial charge in [0.25, 0.3) is 0 Å². The molecule has 1 unspecified atom stereocenters. The van der Waals surface area contributed by atoms with Crippen LogP contribution in [0.5, 0.6) is 0 Å². The Hall–Kier alpha value is -2.41. The van der Waals surface area contributed by atoms with E-state index < -0.39 is 0 Å². The van der Waals surface area contributed by atoms with Gasteiger partial charge < -0.3 is 5.32 Å². The number of rotatable bonds is 6. The highest BCUT2D eigenvalue weighted by atomic mass is 79.9. The maximum absolute atomic E-state index is 12.5. The lowest BCUT2D eigenvalue weighted by molar-refractivity contribution is -0.119. The van der Waals surface area contributed by atoms with Crippen LogP contribution in [0.2, 0.25) is 0 Å². The van der Waals surface area contributed by atoms with Crippen molar-refractivity contribution in [1.82, 2.24) is 19.6 Å².